The minimum atomic E-state index is -4.74. The molecule has 4 nitrogen and oxygen atoms in total. The van der Waals surface area contributed by atoms with Gasteiger partial charge in [-0.25, -0.2) is 0 Å². The van der Waals surface area contributed by atoms with E-state index in [2.05, 4.69) is 16.6 Å². The smallest absolute Gasteiger partial charge is 0.464 e. The zero-order valence-corrected chi connectivity index (χ0v) is 20.4. The summed E-state index contributed by atoms with van der Waals surface area (Å²) in [6.07, 6.45) is 2.13. The van der Waals surface area contributed by atoms with Crippen LogP contribution in [-0.4, -0.2) is 18.1 Å². The van der Waals surface area contributed by atoms with Crippen molar-refractivity contribution in [3.63, 3.8) is 0 Å². The summed E-state index contributed by atoms with van der Waals surface area (Å²) in [6, 6.07) is 7.82. The highest BCUT2D eigenvalue weighted by Gasteiger charge is 2.31. The molecule has 0 heterocycles. The van der Waals surface area contributed by atoms with E-state index in [0.717, 1.165) is 58.3 Å². The minimum absolute atomic E-state index is 0.0441. The van der Waals surface area contributed by atoms with Gasteiger partial charge < -0.3 is 19.9 Å². The van der Waals surface area contributed by atoms with Crippen LogP contribution in [0.1, 0.15) is 49.8 Å². The van der Waals surface area contributed by atoms with Crippen LogP contribution in [0, 0.1) is 6.92 Å². The fraction of sp³-hybridized carbons (Fsp3) is 0.357. The number of hydrogen-bond acceptors (Lipinski definition) is 4. The van der Waals surface area contributed by atoms with Crippen LogP contribution in [0.15, 0.2) is 66.1 Å². The Bertz CT molecular complexity index is 1110. The molecule has 0 atom stereocenters. The van der Waals surface area contributed by atoms with Gasteiger partial charge in [0, 0.05) is 24.4 Å². The Hall–Kier alpha value is -3.19. The molecule has 0 radical (unpaired) electrons. The third-order valence-corrected chi connectivity index (χ3v) is 5.98. The average molecular weight is 488 g/mol. The van der Waals surface area contributed by atoms with Crippen LogP contribution in [-0.2, 0) is 13.0 Å². The standard InChI is InChI=1S/C28H32F3NO3/c1-5-18(3)17-34-27-19(4)25(20-9-11-23(12-10-20)35-28(29,30)31)15-22(24(27)13-14-33)16-32-26(6-2)21-7-8-21/h6,9-12,15,17,32-33H,2,5,7-8,13-14,16H2,1,3-4H3/b18-17+. The van der Waals surface area contributed by atoms with E-state index >= 15 is 0 Å². The predicted octanol–water partition coefficient (Wildman–Crippen LogP) is 7.11. The molecule has 7 heteroatoms. The Morgan fingerprint density at radius 2 is 1.89 bits per heavy atom. The summed E-state index contributed by atoms with van der Waals surface area (Å²) in [5.74, 6) is 0.373. The topological polar surface area (TPSA) is 50.7 Å². The molecule has 1 aliphatic rings. The molecule has 1 aliphatic carbocycles. The van der Waals surface area contributed by atoms with Crippen molar-refractivity contribution in [3.8, 4) is 22.6 Å². The highest BCUT2D eigenvalue weighted by Crippen LogP contribution is 2.38. The molecule has 1 fully saturated rings. The van der Waals surface area contributed by atoms with Crippen molar-refractivity contribution in [2.75, 3.05) is 6.61 Å². The largest absolute Gasteiger partial charge is 0.573 e. The summed E-state index contributed by atoms with van der Waals surface area (Å²) in [6.45, 7) is 10.3. The van der Waals surface area contributed by atoms with Crippen LogP contribution in [0.5, 0.6) is 11.5 Å². The molecule has 0 aliphatic heterocycles. The second-order valence-corrected chi connectivity index (χ2v) is 8.57. The van der Waals surface area contributed by atoms with E-state index in [1.165, 1.54) is 17.7 Å². The van der Waals surface area contributed by atoms with Crippen LogP contribution in [0.2, 0.25) is 0 Å². The van der Waals surface area contributed by atoms with Crippen molar-refractivity contribution in [3.05, 3.63) is 82.8 Å². The Kier molecular flexibility index (Phi) is 8.67. The second kappa shape index (κ2) is 11.5. The number of ether oxygens (including phenoxy) is 2. The fourth-order valence-corrected chi connectivity index (χ4v) is 3.81. The van der Waals surface area contributed by atoms with Crippen LogP contribution >= 0.6 is 0 Å². The summed E-state index contributed by atoms with van der Waals surface area (Å²) in [5, 5.41) is 13.2. The van der Waals surface area contributed by atoms with E-state index in [4.69, 9.17) is 4.74 Å². The Labute approximate surface area is 204 Å². The predicted molar refractivity (Wildman–Crippen MR) is 132 cm³/mol. The number of rotatable bonds is 11. The molecule has 3 rings (SSSR count). The molecular formula is C28H32F3NO3. The first-order valence-corrected chi connectivity index (χ1v) is 11.7. The summed E-state index contributed by atoms with van der Waals surface area (Å²) in [7, 11) is 0. The lowest BCUT2D eigenvalue weighted by atomic mass is 9.91. The van der Waals surface area contributed by atoms with Gasteiger partial charge in [0.15, 0.2) is 0 Å². The van der Waals surface area contributed by atoms with Gasteiger partial charge in [-0.1, -0.05) is 25.6 Å². The fourth-order valence-electron chi connectivity index (χ4n) is 3.81. The van der Waals surface area contributed by atoms with Crippen molar-refractivity contribution in [2.24, 2.45) is 0 Å². The van der Waals surface area contributed by atoms with E-state index in [0.29, 0.717) is 18.7 Å². The maximum Gasteiger partial charge on any atom is 0.573 e. The Morgan fingerprint density at radius 1 is 1.20 bits per heavy atom. The first-order chi connectivity index (χ1) is 16.7. The summed E-state index contributed by atoms with van der Waals surface area (Å²) in [5.41, 5.74) is 7.64. The number of alkyl halides is 3. The summed E-state index contributed by atoms with van der Waals surface area (Å²) in [4.78, 5) is 0. The molecule has 0 saturated heterocycles. The molecule has 2 aromatic rings. The molecule has 0 bridgehead atoms. The van der Waals surface area contributed by atoms with Crippen molar-refractivity contribution in [2.45, 2.75) is 59.4 Å². The van der Waals surface area contributed by atoms with Gasteiger partial charge in [-0.3, -0.25) is 0 Å². The van der Waals surface area contributed by atoms with Crippen LogP contribution < -0.4 is 14.8 Å². The summed E-state index contributed by atoms with van der Waals surface area (Å²) >= 11 is 0. The number of aliphatic hydroxyl groups is 1. The number of benzene rings is 2. The van der Waals surface area contributed by atoms with E-state index in [1.807, 2.05) is 32.9 Å². The normalized spacial score (nSPS) is 13.5. The van der Waals surface area contributed by atoms with Gasteiger partial charge >= 0.3 is 6.36 Å². The van der Waals surface area contributed by atoms with E-state index in [-0.39, 0.29) is 12.4 Å². The highest BCUT2D eigenvalue weighted by molar-refractivity contribution is 5.73. The van der Waals surface area contributed by atoms with E-state index < -0.39 is 6.36 Å². The van der Waals surface area contributed by atoms with Crippen molar-refractivity contribution in [1.29, 1.82) is 0 Å². The molecule has 0 unspecified atom stereocenters. The van der Waals surface area contributed by atoms with Crippen molar-refractivity contribution in [1.82, 2.24) is 5.32 Å². The number of aliphatic hydroxyl groups excluding tert-OH is 1. The first-order valence-electron chi connectivity index (χ1n) is 11.7. The third-order valence-electron chi connectivity index (χ3n) is 5.98. The van der Waals surface area contributed by atoms with Crippen LogP contribution in [0.3, 0.4) is 0 Å². The highest BCUT2D eigenvalue weighted by atomic mass is 19.4. The lowest BCUT2D eigenvalue weighted by molar-refractivity contribution is -0.274. The van der Waals surface area contributed by atoms with Gasteiger partial charge in [0.1, 0.15) is 11.5 Å². The maximum absolute atomic E-state index is 12.6. The zero-order chi connectivity index (χ0) is 25.6. The lowest BCUT2D eigenvalue weighted by Gasteiger charge is -2.21. The van der Waals surface area contributed by atoms with Gasteiger partial charge in [0.2, 0.25) is 0 Å². The van der Waals surface area contributed by atoms with Gasteiger partial charge in [0.05, 0.1) is 6.26 Å². The van der Waals surface area contributed by atoms with Crippen molar-refractivity contribution >= 4 is 0 Å². The SMILES string of the molecule is C=CC(NCc1cc(-c2ccc(OC(F)(F)F)cc2)c(C)c(O/C=C(\C)CC)c1CCO)=C1CC1. The molecule has 2 aromatic carbocycles. The molecule has 1 saturated carbocycles. The molecule has 35 heavy (non-hydrogen) atoms. The van der Waals surface area contributed by atoms with Gasteiger partial charge in [0.25, 0.3) is 0 Å². The molecule has 188 valence electrons. The number of hydrogen-bond donors (Lipinski definition) is 2. The van der Waals surface area contributed by atoms with Gasteiger partial charge in [-0.05, 0) is 97.2 Å². The first kappa shape index (κ1) is 26.4. The van der Waals surface area contributed by atoms with Gasteiger partial charge in [-0.2, -0.15) is 0 Å². The second-order valence-electron chi connectivity index (χ2n) is 8.57. The Balaban J connectivity index is 2.07. The number of allylic oxidation sites excluding steroid dienone is 3. The quantitative estimate of drug-likeness (QED) is 0.332. The third kappa shape index (κ3) is 7.15. The lowest BCUT2D eigenvalue weighted by Crippen LogP contribution is -2.17. The number of halogens is 3. The van der Waals surface area contributed by atoms with Crippen LogP contribution in [0.25, 0.3) is 11.1 Å². The Morgan fingerprint density at radius 3 is 2.43 bits per heavy atom. The van der Waals surface area contributed by atoms with Gasteiger partial charge in [-0.15, -0.1) is 13.2 Å². The zero-order valence-electron chi connectivity index (χ0n) is 20.4. The van der Waals surface area contributed by atoms with E-state index in [1.54, 1.807) is 18.4 Å². The molecular weight excluding hydrogens is 455 g/mol. The molecule has 0 aromatic heterocycles. The minimum Gasteiger partial charge on any atom is -0.464 e. The summed E-state index contributed by atoms with van der Waals surface area (Å²) < 4.78 is 47.9. The van der Waals surface area contributed by atoms with Crippen molar-refractivity contribution < 1.29 is 27.8 Å². The maximum atomic E-state index is 12.6. The number of nitrogens with one attached hydrogen (secondary N) is 1. The molecule has 0 amide bonds. The average Bonchev–Trinajstić information content (AvgIpc) is 3.65. The monoisotopic (exact) mass is 487 g/mol. The van der Waals surface area contributed by atoms with Crippen LogP contribution in [0.4, 0.5) is 13.2 Å². The van der Waals surface area contributed by atoms with E-state index in [9.17, 15) is 18.3 Å². The molecule has 0 spiro atoms. The molecule has 2 N–H and O–H groups in total.